The number of nitrogens with zero attached hydrogens (tertiary/aromatic N) is 4. The van der Waals surface area contributed by atoms with Crippen LogP contribution < -0.4 is 15.4 Å². The number of hydrogen-bond donors (Lipinski definition) is 2. The highest BCUT2D eigenvalue weighted by molar-refractivity contribution is 14.0. The Labute approximate surface area is 212 Å². The molecule has 1 aromatic carbocycles. The third-order valence-corrected chi connectivity index (χ3v) is 6.50. The zero-order valence-electron chi connectivity index (χ0n) is 20.2. The summed E-state index contributed by atoms with van der Waals surface area (Å²) < 4.78 is 5.46. The molecule has 0 spiro atoms. The molecule has 1 aromatic rings. The van der Waals surface area contributed by atoms with E-state index in [1.54, 1.807) is 7.11 Å². The SMILES string of the molecule is CN=C(NCCCN1CCCN(C)CC1)NCC(c1cccc(OC)c1)N1CCCC1.I. The Balaban J connectivity index is 0.00000363. The number of aliphatic imine (C=N–C) groups is 1. The van der Waals surface area contributed by atoms with Gasteiger partial charge >= 0.3 is 0 Å². The number of benzene rings is 1. The van der Waals surface area contributed by atoms with Gasteiger partial charge in [0.15, 0.2) is 5.96 Å². The normalized spacial score (nSPS) is 19.8. The molecule has 1 unspecified atom stereocenters. The van der Waals surface area contributed by atoms with Gasteiger partial charge in [-0.05, 0) is 83.2 Å². The molecule has 8 heteroatoms. The van der Waals surface area contributed by atoms with Crippen LogP contribution in [-0.4, -0.2) is 101 Å². The summed E-state index contributed by atoms with van der Waals surface area (Å²) in [6.07, 6.45) is 4.96. The van der Waals surface area contributed by atoms with E-state index < -0.39 is 0 Å². The summed E-state index contributed by atoms with van der Waals surface area (Å²) in [5, 5.41) is 7.08. The summed E-state index contributed by atoms with van der Waals surface area (Å²) in [6.45, 7) is 10.0. The van der Waals surface area contributed by atoms with Crippen molar-refractivity contribution < 1.29 is 4.74 Å². The minimum Gasteiger partial charge on any atom is -0.497 e. The highest BCUT2D eigenvalue weighted by Crippen LogP contribution is 2.27. The van der Waals surface area contributed by atoms with Gasteiger partial charge in [-0.2, -0.15) is 0 Å². The van der Waals surface area contributed by atoms with Crippen LogP contribution in [0, 0.1) is 0 Å². The Morgan fingerprint density at radius 2 is 1.88 bits per heavy atom. The van der Waals surface area contributed by atoms with E-state index in [1.807, 2.05) is 13.1 Å². The quantitative estimate of drug-likeness (QED) is 0.211. The predicted molar refractivity (Wildman–Crippen MR) is 144 cm³/mol. The fraction of sp³-hybridized carbons (Fsp3) is 0.708. The lowest BCUT2D eigenvalue weighted by molar-refractivity contribution is 0.244. The molecule has 3 rings (SSSR count). The van der Waals surface area contributed by atoms with E-state index in [-0.39, 0.29) is 24.0 Å². The van der Waals surface area contributed by atoms with E-state index in [1.165, 1.54) is 51.0 Å². The number of rotatable bonds is 9. The molecule has 1 atom stereocenters. The second-order valence-electron chi connectivity index (χ2n) is 8.77. The number of likely N-dealkylation sites (N-methyl/N-ethyl adjacent to an activating group) is 1. The third kappa shape index (κ3) is 8.68. The molecule has 0 aliphatic carbocycles. The fourth-order valence-electron chi connectivity index (χ4n) is 4.61. The van der Waals surface area contributed by atoms with Crippen LogP contribution in [0.25, 0.3) is 0 Å². The lowest BCUT2D eigenvalue weighted by atomic mass is 10.1. The minimum absolute atomic E-state index is 0. The lowest BCUT2D eigenvalue weighted by Crippen LogP contribution is -2.43. The van der Waals surface area contributed by atoms with Gasteiger partial charge in [0.2, 0.25) is 0 Å². The van der Waals surface area contributed by atoms with E-state index in [0.717, 1.165) is 50.9 Å². The van der Waals surface area contributed by atoms with Crippen molar-refractivity contribution in [1.29, 1.82) is 0 Å². The van der Waals surface area contributed by atoms with Gasteiger partial charge in [0.25, 0.3) is 0 Å². The number of guanidine groups is 1. The van der Waals surface area contributed by atoms with Crippen LogP contribution in [0.5, 0.6) is 5.75 Å². The lowest BCUT2D eigenvalue weighted by Gasteiger charge is -2.29. The Hall–Kier alpha value is -1.10. The maximum Gasteiger partial charge on any atom is 0.191 e. The van der Waals surface area contributed by atoms with Gasteiger partial charge in [-0.1, -0.05) is 12.1 Å². The van der Waals surface area contributed by atoms with E-state index in [2.05, 4.69) is 55.6 Å². The summed E-state index contributed by atoms with van der Waals surface area (Å²) >= 11 is 0. The average Bonchev–Trinajstić information content (AvgIpc) is 3.24. The molecule has 2 saturated heterocycles. The molecule has 182 valence electrons. The summed E-state index contributed by atoms with van der Waals surface area (Å²) in [6, 6.07) is 8.80. The van der Waals surface area contributed by atoms with Gasteiger partial charge in [0.05, 0.1) is 13.2 Å². The van der Waals surface area contributed by atoms with E-state index in [9.17, 15) is 0 Å². The number of methoxy groups -OCH3 is 1. The van der Waals surface area contributed by atoms with Gasteiger partial charge < -0.3 is 25.2 Å². The summed E-state index contributed by atoms with van der Waals surface area (Å²) in [5.41, 5.74) is 1.30. The largest absolute Gasteiger partial charge is 0.497 e. The highest BCUT2D eigenvalue weighted by Gasteiger charge is 2.24. The zero-order chi connectivity index (χ0) is 21.9. The third-order valence-electron chi connectivity index (χ3n) is 6.50. The predicted octanol–water partition coefficient (Wildman–Crippen LogP) is 2.64. The van der Waals surface area contributed by atoms with Crippen LogP contribution in [-0.2, 0) is 0 Å². The molecular weight excluding hydrogens is 515 g/mol. The standard InChI is InChI=1S/C24H42N6O.HI/c1-25-24(26-11-7-13-29-14-8-12-28(2)17-18-29)27-20-23(30-15-4-5-16-30)21-9-6-10-22(19-21)31-3;/h6,9-10,19,23H,4-5,7-8,11-18,20H2,1-3H3,(H2,25,26,27);1H. The maximum atomic E-state index is 5.46. The molecule has 0 amide bonds. The van der Waals surface area contributed by atoms with Crippen LogP contribution in [0.1, 0.15) is 37.3 Å². The first-order valence-electron chi connectivity index (χ1n) is 11.9. The number of nitrogens with one attached hydrogen (secondary N) is 2. The number of ether oxygens (including phenoxy) is 1. The molecule has 2 aliphatic rings. The van der Waals surface area contributed by atoms with Crippen molar-refractivity contribution in [3.8, 4) is 5.75 Å². The van der Waals surface area contributed by atoms with Crippen molar-refractivity contribution in [3.05, 3.63) is 29.8 Å². The van der Waals surface area contributed by atoms with Crippen LogP contribution in [0.3, 0.4) is 0 Å². The first-order chi connectivity index (χ1) is 15.2. The molecule has 0 aromatic heterocycles. The van der Waals surface area contributed by atoms with E-state index >= 15 is 0 Å². The zero-order valence-corrected chi connectivity index (χ0v) is 22.5. The number of hydrogen-bond acceptors (Lipinski definition) is 5. The first kappa shape index (κ1) is 27.1. The smallest absolute Gasteiger partial charge is 0.191 e. The Kier molecular flexibility index (Phi) is 12.7. The molecule has 2 N–H and O–H groups in total. The van der Waals surface area contributed by atoms with Gasteiger partial charge in [-0.25, -0.2) is 0 Å². The van der Waals surface area contributed by atoms with Gasteiger partial charge in [0, 0.05) is 33.2 Å². The van der Waals surface area contributed by atoms with Crippen molar-refractivity contribution in [2.75, 3.05) is 80.1 Å². The van der Waals surface area contributed by atoms with E-state index in [4.69, 9.17) is 4.74 Å². The first-order valence-corrected chi connectivity index (χ1v) is 11.9. The van der Waals surface area contributed by atoms with Gasteiger partial charge in [-0.15, -0.1) is 24.0 Å². The van der Waals surface area contributed by atoms with Crippen molar-refractivity contribution in [2.45, 2.75) is 31.7 Å². The summed E-state index contributed by atoms with van der Waals surface area (Å²) in [7, 11) is 5.82. The molecule has 2 fully saturated rings. The van der Waals surface area contributed by atoms with Crippen molar-refractivity contribution in [3.63, 3.8) is 0 Å². The molecule has 32 heavy (non-hydrogen) atoms. The Bertz CT molecular complexity index is 682. The molecule has 0 saturated carbocycles. The van der Waals surface area contributed by atoms with Gasteiger partial charge in [0.1, 0.15) is 5.75 Å². The van der Waals surface area contributed by atoms with Crippen molar-refractivity contribution >= 4 is 29.9 Å². The Morgan fingerprint density at radius 1 is 1.06 bits per heavy atom. The maximum absolute atomic E-state index is 5.46. The summed E-state index contributed by atoms with van der Waals surface area (Å²) in [5.74, 6) is 1.81. The molecular formula is C24H43IN6O. The van der Waals surface area contributed by atoms with Gasteiger partial charge in [-0.3, -0.25) is 9.89 Å². The second kappa shape index (κ2) is 14.9. The van der Waals surface area contributed by atoms with Crippen LogP contribution in [0.2, 0.25) is 0 Å². The minimum atomic E-state index is 0. The van der Waals surface area contributed by atoms with Crippen LogP contribution >= 0.6 is 24.0 Å². The molecule has 2 heterocycles. The molecule has 7 nitrogen and oxygen atoms in total. The molecule has 0 radical (unpaired) electrons. The summed E-state index contributed by atoms with van der Waals surface area (Å²) in [4.78, 5) is 12.1. The number of likely N-dealkylation sites (tertiary alicyclic amines) is 1. The van der Waals surface area contributed by atoms with Crippen molar-refractivity contribution in [1.82, 2.24) is 25.3 Å². The fourth-order valence-corrected chi connectivity index (χ4v) is 4.61. The highest BCUT2D eigenvalue weighted by atomic mass is 127. The molecule has 2 aliphatic heterocycles. The second-order valence-corrected chi connectivity index (χ2v) is 8.77. The van der Waals surface area contributed by atoms with Crippen LogP contribution in [0.15, 0.2) is 29.3 Å². The monoisotopic (exact) mass is 558 g/mol. The Morgan fingerprint density at radius 3 is 2.62 bits per heavy atom. The number of halogens is 1. The average molecular weight is 559 g/mol. The molecule has 0 bridgehead atoms. The van der Waals surface area contributed by atoms with Crippen molar-refractivity contribution in [2.24, 2.45) is 4.99 Å². The van der Waals surface area contributed by atoms with E-state index in [0.29, 0.717) is 6.04 Å². The topological polar surface area (TPSA) is 55.4 Å². The van der Waals surface area contributed by atoms with Crippen LogP contribution in [0.4, 0.5) is 0 Å².